The van der Waals surface area contributed by atoms with Crippen molar-refractivity contribution in [1.29, 1.82) is 0 Å². The highest BCUT2D eigenvalue weighted by atomic mass is 35.5. The largest absolute Gasteiger partial charge is 0.352 e. The zero-order valence-electron chi connectivity index (χ0n) is 23.9. The predicted molar refractivity (Wildman–Crippen MR) is 180 cm³/mol. The molecule has 0 radical (unpaired) electrons. The highest BCUT2D eigenvalue weighted by Gasteiger charge is 2.35. The van der Waals surface area contributed by atoms with Gasteiger partial charge in [0, 0.05) is 34.6 Å². The van der Waals surface area contributed by atoms with Gasteiger partial charge in [-0.15, -0.1) is 0 Å². The van der Waals surface area contributed by atoms with Crippen LogP contribution in [-0.4, -0.2) is 50.0 Å². The highest BCUT2D eigenvalue weighted by molar-refractivity contribution is 7.92. The summed E-state index contributed by atoms with van der Waals surface area (Å²) in [6, 6.07) is 15.8. The number of halogens is 5. The van der Waals surface area contributed by atoms with Gasteiger partial charge in [-0.25, -0.2) is 8.42 Å². The van der Waals surface area contributed by atoms with E-state index in [4.69, 9.17) is 58.0 Å². The third-order valence-corrected chi connectivity index (χ3v) is 10.4. The molecule has 1 fully saturated rings. The van der Waals surface area contributed by atoms with E-state index in [-0.39, 0.29) is 45.7 Å². The number of nitrogens with one attached hydrogen (secondary N) is 1. The molecule has 2 amide bonds. The second-order valence-electron chi connectivity index (χ2n) is 10.8. The first kappa shape index (κ1) is 34.7. The van der Waals surface area contributed by atoms with Crippen molar-refractivity contribution in [3.8, 4) is 0 Å². The molecule has 1 N–H and O–H groups in total. The Kier molecular flexibility index (Phi) is 12.1. The molecule has 1 atom stereocenters. The highest BCUT2D eigenvalue weighted by Crippen LogP contribution is 2.36. The van der Waals surface area contributed by atoms with Gasteiger partial charge in [-0.2, -0.15) is 0 Å². The summed E-state index contributed by atoms with van der Waals surface area (Å²) in [4.78, 5) is 29.7. The fraction of sp³-hybridized carbons (Fsp3) is 0.355. The number of hydrogen-bond acceptors (Lipinski definition) is 4. The van der Waals surface area contributed by atoms with Crippen molar-refractivity contribution in [2.75, 3.05) is 17.1 Å². The minimum Gasteiger partial charge on any atom is -0.352 e. The van der Waals surface area contributed by atoms with Crippen LogP contribution in [0.1, 0.15) is 43.2 Å². The summed E-state index contributed by atoms with van der Waals surface area (Å²) in [5.74, 6) is -1.02. The monoisotopic (exact) mass is 717 g/mol. The predicted octanol–water partition coefficient (Wildman–Crippen LogP) is 7.81. The van der Waals surface area contributed by atoms with Crippen molar-refractivity contribution in [1.82, 2.24) is 10.2 Å². The van der Waals surface area contributed by atoms with Crippen molar-refractivity contribution in [2.45, 2.75) is 57.2 Å². The first-order valence-electron chi connectivity index (χ1n) is 14.0. The Morgan fingerprint density at radius 2 is 1.45 bits per heavy atom. The van der Waals surface area contributed by atoms with Crippen LogP contribution in [0.15, 0.2) is 60.7 Å². The first-order chi connectivity index (χ1) is 20.8. The van der Waals surface area contributed by atoms with Crippen LogP contribution >= 0.6 is 58.0 Å². The molecule has 44 heavy (non-hydrogen) atoms. The van der Waals surface area contributed by atoms with Crippen LogP contribution in [-0.2, 0) is 32.6 Å². The third kappa shape index (κ3) is 8.95. The van der Waals surface area contributed by atoms with Crippen molar-refractivity contribution >= 4 is 85.5 Å². The number of rotatable bonds is 11. The van der Waals surface area contributed by atoms with E-state index in [0.717, 1.165) is 48.2 Å². The number of sulfonamides is 1. The van der Waals surface area contributed by atoms with Crippen LogP contribution in [0.4, 0.5) is 5.69 Å². The Labute approximate surface area is 283 Å². The molecule has 0 aromatic heterocycles. The van der Waals surface area contributed by atoms with E-state index in [1.54, 1.807) is 18.2 Å². The summed E-state index contributed by atoms with van der Waals surface area (Å²) in [6.07, 6.45) is 5.90. The molecule has 4 rings (SSSR count). The Balaban J connectivity index is 1.79. The number of anilines is 1. The first-order valence-corrected chi connectivity index (χ1v) is 17.8. The summed E-state index contributed by atoms with van der Waals surface area (Å²) in [6.45, 7) is -0.833. The van der Waals surface area contributed by atoms with Gasteiger partial charge >= 0.3 is 0 Å². The van der Waals surface area contributed by atoms with Crippen molar-refractivity contribution < 1.29 is 18.0 Å². The third-order valence-electron chi connectivity index (χ3n) is 7.55. The number of nitrogens with zero attached hydrogens (tertiary/aromatic N) is 2. The zero-order valence-corrected chi connectivity index (χ0v) is 28.5. The lowest BCUT2D eigenvalue weighted by Gasteiger charge is -2.35. The van der Waals surface area contributed by atoms with Crippen LogP contribution in [0, 0.1) is 0 Å². The number of hydrogen-bond donors (Lipinski definition) is 1. The molecular weight excluding hydrogens is 688 g/mol. The summed E-state index contributed by atoms with van der Waals surface area (Å²) >= 11 is 31.7. The lowest BCUT2D eigenvalue weighted by Crippen LogP contribution is -2.55. The Bertz CT molecular complexity index is 1580. The molecule has 3 aromatic carbocycles. The standard InChI is InChI=1S/C31H32Cl5N3O4S/c1-44(42,43)39(28-17-26(35)25(34)16-27(28)36)19-30(40)38(18-22-23(32)13-8-14-24(22)33)29(15-20-9-4-2-5-10-20)31(41)37-21-11-6-3-7-12-21/h2,4-5,8-10,13-14,16-17,21,29H,3,6-7,11-12,15,18-19H2,1H3,(H,37,41)/t29-/m0/s1. The van der Waals surface area contributed by atoms with Crippen molar-refractivity contribution in [3.05, 3.63) is 96.9 Å². The van der Waals surface area contributed by atoms with E-state index in [1.807, 2.05) is 30.3 Å². The lowest BCUT2D eigenvalue weighted by atomic mass is 9.94. The van der Waals surface area contributed by atoms with Gasteiger partial charge in [0.2, 0.25) is 21.8 Å². The van der Waals surface area contributed by atoms with E-state index >= 15 is 0 Å². The molecule has 1 aliphatic rings. The number of carbonyl (C=O) groups is 2. The quantitative estimate of drug-likeness (QED) is 0.205. The van der Waals surface area contributed by atoms with Gasteiger partial charge < -0.3 is 10.2 Å². The molecule has 0 saturated heterocycles. The fourth-order valence-corrected chi connectivity index (χ4v) is 7.31. The topological polar surface area (TPSA) is 86.8 Å². The zero-order chi connectivity index (χ0) is 32.0. The van der Waals surface area contributed by atoms with E-state index in [1.165, 1.54) is 17.0 Å². The number of amides is 2. The van der Waals surface area contributed by atoms with Gasteiger partial charge in [-0.05, 0) is 42.7 Å². The lowest BCUT2D eigenvalue weighted by molar-refractivity contribution is -0.140. The number of carbonyl (C=O) groups excluding carboxylic acids is 2. The van der Waals surface area contributed by atoms with Gasteiger partial charge in [0.1, 0.15) is 12.6 Å². The summed E-state index contributed by atoms with van der Waals surface area (Å²) in [5.41, 5.74) is 1.21. The second kappa shape index (κ2) is 15.4. The molecule has 0 spiro atoms. The van der Waals surface area contributed by atoms with E-state index in [9.17, 15) is 18.0 Å². The average Bonchev–Trinajstić information content (AvgIpc) is 2.97. The minimum absolute atomic E-state index is 0.0193. The Morgan fingerprint density at radius 3 is 2.07 bits per heavy atom. The maximum Gasteiger partial charge on any atom is 0.244 e. The molecule has 13 heteroatoms. The molecule has 7 nitrogen and oxygen atoms in total. The van der Waals surface area contributed by atoms with Gasteiger partial charge in [0.15, 0.2) is 0 Å². The summed E-state index contributed by atoms with van der Waals surface area (Å²) in [7, 11) is -4.07. The molecule has 236 valence electrons. The van der Waals surface area contributed by atoms with Gasteiger partial charge in [-0.3, -0.25) is 13.9 Å². The van der Waals surface area contributed by atoms with E-state index in [0.29, 0.717) is 15.6 Å². The molecule has 0 bridgehead atoms. The minimum atomic E-state index is -4.07. The maximum absolute atomic E-state index is 14.3. The van der Waals surface area contributed by atoms with Gasteiger partial charge in [0.25, 0.3) is 0 Å². The van der Waals surface area contributed by atoms with Crippen LogP contribution in [0.5, 0.6) is 0 Å². The molecule has 0 unspecified atom stereocenters. The summed E-state index contributed by atoms with van der Waals surface area (Å²) < 4.78 is 27.0. The summed E-state index contributed by atoms with van der Waals surface area (Å²) in [5, 5.41) is 3.90. The molecule has 0 heterocycles. The van der Waals surface area contributed by atoms with Gasteiger partial charge in [-0.1, -0.05) is 114 Å². The van der Waals surface area contributed by atoms with Crippen molar-refractivity contribution in [3.63, 3.8) is 0 Å². The van der Waals surface area contributed by atoms with E-state index < -0.39 is 28.5 Å². The normalized spacial score (nSPS) is 14.6. The molecule has 0 aliphatic heterocycles. The molecule has 3 aromatic rings. The maximum atomic E-state index is 14.3. The molecular formula is C31H32Cl5N3O4S. The van der Waals surface area contributed by atoms with Crippen LogP contribution < -0.4 is 9.62 Å². The average molecular weight is 720 g/mol. The van der Waals surface area contributed by atoms with Gasteiger partial charge in [0.05, 0.1) is 27.0 Å². The van der Waals surface area contributed by atoms with Crippen LogP contribution in [0.25, 0.3) is 0 Å². The fourth-order valence-electron chi connectivity index (χ4n) is 5.25. The van der Waals surface area contributed by atoms with Crippen molar-refractivity contribution in [2.24, 2.45) is 0 Å². The Hall–Kier alpha value is -2.20. The Morgan fingerprint density at radius 1 is 0.841 bits per heavy atom. The number of benzene rings is 3. The smallest absolute Gasteiger partial charge is 0.244 e. The van der Waals surface area contributed by atoms with E-state index in [2.05, 4.69) is 5.32 Å². The molecule has 1 saturated carbocycles. The van der Waals surface area contributed by atoms with Crippen LogP contribution in [0.2, 0.25) is 25.1 Å². The molecule has 1 aliphatic carbocycles. The van der Waals surface area contributed by atoms with Crippen LogP contribution in [0.3, 0.4) is 0 Å². The SMILES string of the molecule is CS(=O)(=O)N(CC(=O)N(Cc1c(Cl)cccc1Cl)[C@@H](Cc1ccccc1)C(=O)NC1CCCCC1)c1cc(Cl)c(Cl)cc1Cl. The second-order valence-corrected chi connectivity index (χ2v) is 14.7.